The van der Waals surface area contributed by atoms with Crippen LogP contribution in [0.15, 0.2) is 42.6 Å². The number of aromatic nitrogens is 6. The van der Waals surface area contributed by atoms with Gasteiger partial charge in [-0.25, -0.2) is 14.5 Å². The van der Waals surface area contributed by atoms with E-state index < -0.39 is 5.60 Å². The summed E-state index contributed by atoms with van der Waals surface area (Å²) in [5.41, 5.74) is 4.00. The molecule has 182 valence electrons. The molecule has 0 saturated carbocycles. The van der Waals surface area contributed by atoms with Crippen LogP contribution in [-0.4, -0.2) is 49.5 Å². The molecular formula is C27H33N7O. The molecule has 0 aliphatic carbocycles. The first-order chi connectivity index (χ1) is 16.8. The van der Waals surface area contributed by atoms with E-state index in [9.17, 15) is 0 Å². The lowest BCUT2D eigenvalue weighted by atomic mass is 9.82. The fourth-order valence-electron chi connectivity index (χ4n) is 6.01. The van der Waals surface area contributed by atoms with Crippen LogP contribution < -0.4 is 4.90 Å². The lowest BCUT2D eigenvalue weighted by molar-refractivity contribution is -0.00217. The van der Waals surface area contributed by atoms with Crippen molar-refractivity contribution >= 4 is 11.3 Å². The molecule has 6 rings (SSSR count). The lowest BCUT2D eigenvalue weighted by Crippen LogP contribution is -2.31. The van der Waals surface area contributed by atoms with Crippen molar-refractivity contribution in [2.24, 2.45) is 5.92 Å². The number of nitrogens with zero attached hydrogens (tertiary/aromatic N) is 6. The second kappa shape index (κ2) is 7.88. The summed E-state index contributed by atoms with van der Waals surface area (Å²) in [6.45, 7) is 13.3. The van der Waals surface area contributed by atoms with E-state index in [-0.39, 0.29) is 17.3 Å². The fraction of sp³-hybridized carbons (Fsp3) is 0.481. The molecule has 1 aromatic carbocycles. The van der Waals surface area contributed by atoms with Gasteiger partial charge in [-0.2, -0.15) is 5.10 Å². The Hall–Kier alpha value is -3.26. The molecule has 0 bridgehead atoms. The molecule has 4 atom stereocenters. The van der Waals surface area contributed by atoms with Crippen LogP contribution in [0.4, 0.5) is 5.69 Å². The molecule has 35 heavy (non-hydrogen) atoms. The third-order valence-electron chi connectivity index (χ3n) is 8.06. The fourth-order valence-corrected chi connectivity index (χ4v) is 6.01. The van der Waals surface area contributed by atoms with Gasteiger partial charge in [0.15, 0.2) is 17.3 Å². The van der Waals surface area contributed by atoms with Crippen LogP contribution in [0.3, 0.4) is 0 Å². The molecule has 8 nitrogen and oxygen atoms in total. The Balaban J connectivity index is 1.34. The van der Waals surface area contributed by atoms with Crippen molar-refractivity contribution in [3.05, 3.63) is 71.2 Å². The van der Waals surface area contributed by atoms with E-state index in [0.717, 1.165) is 42.4 Å². The average molecular weight is 472 g/mol. The van der Waals surface area contributed by atoms with E-state index in [1.807, 2.05) is 11.4 Å². The summed E-state index contributed by atoms with van der Waals surface area (Å²) in [5.74, 6) is 2.50. The number of ether oxygens (including phenoxy) is 1. The van der Waals surface area contributed by atoms with Crippen LogP contribution in [0, 0.1) is 19.8 Å². The molecule has 0 radical (unpaired) electrons. The molecule has 3 aromatic heterocycles. The average Bonchev–Trinajstić information content (AvgIpc) is 3.62. The van der Waals surface area contributed by atoms with E-state index in [0.29, 0.717) is 12.4 Å². The van der Waals surface area contributed by atoms with Crippen LogP contribution in [0.1, 0.15) is 61.7 Å². The predicted octanol–water partition coefficient (Wildman–Crippen LogP) is 4.30. The topological polar surface area (TPSA) is 84.2 Å². The maximum absolute atomic E-state index is 6.35. The summed E-state index contributed by atoms with van der Waals surface area (Å²) in [6, 6.07) is 13.1. The number of H-pyrrole nitrogens is 1. The molecule has 1 N–H and O–H groups in total. The van der Waals surface area contributed by atoms with Gasteiger partial charge in [0, 0.05) is 18.5 Å². The number of benzene rings is 1. The summed E-state index contributed by atoms with van der Waals surface area (Å²) < 4.78 is 8.27. The smallest absolute Gasteiger partial charge is 0.184 e. The van der Waals surface area contributed by atoms with Gasteiger partial charge in [-0.15, -0.1) is 5.10 Å². The Morgan fingerprint density at radius 1 is 1.11 bits per heavy atom. The van der Waals surface area contributed by atoms with E-state index in [1.54, 1.807) is 0 Å². The second-order valence-corrected chi connectivity index (χ2v) is 10.8. The highest BCUT2D eigenvalue weighted by atomic mass is 16.5. The van der Waals surface area contributed by atoms with Gasteiger partial charge in [0.25, 0.3) is 0 Å². The summed E-state index contributed by atoms with van der Waals surface area (Å²) in [5, 5.41) is 12.4. The number of hydrogen-bond acceptors (Lipinski definition) is 6. The zero-order chi connectivity index (χ0) is 24.4. The SMILES string of the molecule is Cc1nc([C@@H]2[C@@H](C)CO[C@]2(C)c2nc3c(C)cc(N4CC[C@](C)(c5ccccc5)C4)cn3n2)n[nH]1. The number of aryl methyl sites for hydroxylation is 2. The summed E-state index contributed by atoms with van der Waals surface area (Å²) in [4.78, 5) is 12.1. The van der Waals surface area contributed by atoms with Crippen LogP contribution in [0.2, 0.25) is 0 Å². The van der Waals surface area contributed by atoms with E-state index >= 15 is 0 Å². The van der Waals surface area contributed by atoms with Gasteiger partial charge < -0.3 is 9.64 Å². The van der Waals surface area contributed by atoms with Gasteiger partial charge in [0.1, 0.15) is 11.4 Å². The Labute approximate surface area is 205 Å². The van der Waals surface area contributed by atoms with Crippen molar-refractivity contribution in [2.45, 2.75) is 58.0 Å². The van der Waals surface area contributed by atoms with Crippen molar-refractivity contribution < 1.29 is 4.74 Å². The van der Waals surface area contributed by atoms with Crippen molar-refractivity contribution in [3.63, 3.8) is 0 Å². The number of aromatic amines is 1. The number of hydrogen-bond donors (Lipinski definition) is 1. The van der Waals surface area contributed by atoms with Gasteiger partial charge >= 0.3 is 0 Å². The minimum atomic E-state index is -0.688. The molecule has 0 unspecified atom stereocenters. The van der Waals surface area contributed by atoms with Crippen molar-refractivity contribution in [3.8, 4) is 0 Å². The molecule has 8 heteroatoms. The number of nitrogens with one attached hydrogen (secondary N) is 1. The van der Waals surface area contributed by atoms with Crippen LogP contribution in [0.5, 0.6) is 0 Å². The molecule has 2 aliphatic rings. The van der Waals surface area contributed by atoms with Crippen LogP contribution >= 0.6 is 0 Å². The molecular weight excluding hydrogens is 438 g/mol. The van der Waals surface area contributed by atoms with Gasteiger partial charge in [0.05, 0.1) is 24.4 Å². The molecule has 4 aromatic rings. The second-order valence-electron chi connectivity index (χ2n) is 10.8. The minimum Gasteiger partial charge on any atom is -0.369 e. The molecule has 2 fully saturated rings. The van der Waals surface area contributed by atoms with Gasteiger partial charge in [-0.05, 0) is 50.3 Å². The Morgan fingerprint density at radius 2 is 1.91 bits per heavy atom. The van der Waals surface area contributed by atoms with Crippen molar-refractivity contribution in [1.82, 2.24) is 29.8 Å². The molecule has 2 saturated heterocycles. The highest BCUT2D eigenvalue weighted by Crippen LogP contribution is 2.48. The monoisotopic (exact) mass is 471 g/mol. The molecule has 0 spiro atoms. The first kappa shape index (κ1) is 22.2. The number of pyridine rings is 1. The predicted molar refractivity (Wildman–Crippen MR) is 135 cm³/mol. The zero-order valence-corrected chi connectivity index (χ0v) is 21.1. The third-order valence-corrected chi connectivity index (χ3v) is 8.06. The highest BCUT2D eigenvalue weighted by Gasteiger charge is 2.51. The van der Waals surface area contributed by atoms with Crippen LogP contribution in [0.25, 0.3) is 5.65 Å². The first-order valence-corrected chi connectivity index (χ1v) is 12.5. The quantitative estimate of drug-likeness (QED) is 0.478. The van der Waals surface area contributed by atoms with E-state index in [1.165, 1.54) is 11.3 Å². The Kier molecular flexibility index (Phi) is 5.00. The first-order valence-electron chi connectivity index (χ1n) is 12.5. The molecule has 0 amide bonds. The van der Waals surface area contributed by atoms with Crippen molar-refractivity contribution in [2.75, 3.05) is 24.6 Å². The molecule has 2 aliphatic heterocycles. The largest absolute Gasteiger partial charge is 0.369 e. The van der Waals surface area contributed by atoms with Crippen LogP contribution in [-0.2, 0) is 15.8 Å². The molecule has 5 heterocycles. The van der Waals surface area contributed by atoms with E-state index in [4.69, 9.17) is 14.8 Å². The Bertz CT molecular complexity index is 1380. The number of anilines is 1. The normalized spacial score (nSPS) is 28.9. The maximum atomic E-state index is 6.35. The summed E-state index contributed by atoms with van der Waals surface area (Å²) >= 11 is 0. The third kappa shape index (κ3) is 3.54. The highest BCUT2D eigenvalue weighted by molar-refractivity contribution is 5.58. The number of fused-ring (bicyclic) bond motifs is 1. The van der Waals surface area contributed by atoms with Crippen molar-refractivity contribution in [1.29, 1.82) is 0 Å². The zero-order valence-electron chi connectivity index (χ0n) is 21.1. The summed E-state index contributed by atoms with van der Waals surface area (Å²) in [7, 11) is 0. The van der Waals surface area contributed by atoms with Gasteiger partial charge in [0.2, 0.25) is 0 Å². The lowest BCUT2D eigenvalue weighted by Gasteiger charge is -2.26. The van der Waals surface area contributed by atoms with E-state index in [2.05, 4.69) is 90.4 Å². The minimum absolute atomic E-state index is 0.0187. The Morgan fingerprint density at radius 3 is 2.66 bits per heavy atom. The maximum Gasteiger partial charge on any atom is 0.184 e. The number of rotatable bonds is 4. The van der Waals surface area contributed by atoms with Gasteiger partial charge in [-0.1, -0.05) is 44.2 Å². The standard InChI is InChI=1S/C27H33N7O/c1-17-13-21(33-12-11-26(4,16-33)20-9-7-6-8-10-20)14-34-24(17)29-25(32-34)27(5)22(18(2)15-35-27)23-28-19(3)30-31-23/h6-10,13-14,18,22H,11-12,15-16H2,1-5H3,(H,28,30,31)/t18-,22-,26-,27-/m0/s1. The summed E-state index contributed by atoms with van der Waals surface area (Å²) in [6.07, 6.45) is 3.24. The van der Waals surface area contributed by atoms with Gasteiger partial charge in [-0.3, -0.25) is 5.10 Å².